The fourth-order valence-corrected chi connectivity index (χ4v) is 1.37. The number of anilines is 2. The van der Waals surface area contributed by atoms with Crippen LogP contribution in [-0.4, -0.2) is 50.3 Å². The highest BCUT2D eigenvalue weighted by atomic mass is 15.5. The van der Waals surface area contributed by atoms with Gasteiger partial charge in [0, 0.05) is 0 Å². The largest absolute Gasteiger partial charge is 0.292 e. The smallest absolute Gasteiger partial charge is 0.290 e. The molecular weight excluding hydrogens is 310 g/mol. The third kappa shape index (κ3) is 2.68. The van der Waals surface area contributed by atoms with Crippen LogP contribution in [0.25, 0.3) is 5.95 Å². The Kier molecular flexibility index (Phi) is 3.40. The Morgan fingerprint density at radius 1 is 0.913 bits per heavy atom. The molecule has 0 saturated heterocycles. The summed E-state index contributed by atoms with van der Waals surface area (Å²) >= 11 is 0. The van der Waals surface area contributed by atoms with E-state index in [1.54, 1.807) is 0 Å². The standard InChI is InChI=1S/C6H5N17/c7-13-2-10-1(16-17-2)11-4-18-20-6(21-19-4)23-5(15-9)12-3(14-8)22-23/h7-9H,(H2,10,11,16,17,18,19). The van der Waals surface area contributed by atoms with E-state index in [0.29, 0.717) is 0 Å². The minimum absolute atomic E-state index is 0.0173. The molecular formula is C6H5N17. The fraction of sp³-hybridized carbons (Fsp3) is 0. The molecule has 0 amide bonds. The van der Waals surface area contributed by atoms with Crippen molar-refractivity contribution in [3.05, 3.63) is 0 Å². The van der Waals surface area contributed by atoms with Crippen LogP contribution < -0.4 is 5.32 Å². The molecule has 0 radical (unpaired) electrons. The second-order valence-electron chi connectivity index (χ2n) is 3.59. The molecule has 0 aliphatic carbocycles. The van der Waals surface area contributed by atoms with E-state index in [1.807, 2.05) is 0 Å². The molecule has 17 heteroatoms. The molecule has 3 rings (SSSR count). The highest BCUT2D eigenvalue weighted by Gasteiger charge is 2.14. The Hall–Kier alpha value is -4.18. The molecule has 5 N–H and O–H groups in total. The third-order valence-corrected chi connectivity index (χ3v) is 2.24. The first-order chi connectivity index (χ1) is 11.2. The highest BCUT2D eigenvalue weighted by molar-refractivity contribution is 5.42. The number of H-pyrrole nitrogens is 1. The van der Waals surface area contributed by atoms with Crippen LogP contribution in [0.5, 0.6) is 0 Å². The van der Waals surface area contributed by atoms with Crippen LogP contribution in [0.4, 0.5) is 29.7 Å². The first-order valence-corrected chi connectivity index (χ1v) is 5.60. The van der Waals surface area contributed by atoms with E-state index in [2.05, 4.69) is 66.3 Å². The van der Waals surface area contributed by atoms with E-state index in [9.17, 15) is 0 Å². The number of aromatic amines is 1. The van der Waals surface area contributed by atoms with Crippen LogP contribution >= 0.6 is 0 Å². The van der Waals surface area contributed by atoms with Crippen LogP contribution in [0.3, 0.4) is 0 Å². The quantitative estimate of drug-likeness (QED) is 0.401. The lowest BCUT2D eigenvalue weighted by molar-refractivity contribution is 0.727. The molecule has 3 heterocycles. The molecule has 114 valence electrons. The Morgan fingerprint density at radius 3 is 2.26 bits per heavy atom. The topological polar surface area (TPSA) is 244 Å². The minimum atomic E-state index is -0.213. The van der Waals surface area contributed by atoms with Gasteiger partial charge in [-0.3, -0.25) is 5.32 Å². The predicted molar refractivity (Wildman–Crippen MR) is 66.6 cm³/mol. The van der Waals surface area contributed by atoms with Crippen LogP contribution in [0.2, 0.25) is 0 Å². The molecule has 0 aliphatic rings. The molecule has 0 bridgehead atoms. The van der Waals surface area contributed by atoms with Crippen molar-refractivity contribution in [1.82, 2.24) is 50.3 Å². The maximum atomic E-state index is 6.98. The average Bonchev–Trinajstić information content (AvgIpc) is 3.21. The van der Waals surface area contributed by atoms with Crippen LogP contribution in [-0.2, 0) is 0 Å². The van der Waals surface area contributed by atoms with Crippen LogP contribution in [0.15, 0.2) is 15.3 Å². The summed E-state index contributed by atoms with van der Waals surface area (Å²) in [7, 11) is 0. The maximum absolute atomic E-state index is 6.98. The van der Waals surface area contributed by atoms with Gasteiger partial charge in [0.15, 0.2) is 0 Å². The fourth-order valence-electron chi connectivity index (χ4n) is 1.37. The molecule has 0 aliphatic heterocycles. The molecule has 0 fully saturated rings. The molecule has 0 unspecified atom stereocenters. The molecule has 0 spiro atoms. The van der Waals surface area contributed by atoms with Crippen molar-refractivity contribution in [2.45, 2.75) is 0 Å². The Labute approximate surface area is 124 Å². The molecule has 23 heavy (non-hydrogen) atoms. The van der Waals surface area contributed by atoms with E-state index in [4.69, 9.17) is 16.6 Å². The molecule has 3 aromatic rings. The summed E-state index contributed by atoms with van der Waals surface area (Å²) in [5.41, 5.74) is 20.6. The summed E-state index contributed by atoms with van der Waals surface area (Å²) in [5, 5.41) is 36.5. The zero-order valence-electron chi connectivity index (χ0n) is 10.9. The number of hydrogen-bond donors (Lipinski definition) is 5. The summed E-state index contributed by atoms with van der Waals surface area (Å²) in [4.78, 5) is 7.45. The van der Waals surface area contributed by atoms with Crippen molar-refractivity contribution in [2.24, 2.45) is 15.3 Å². The first-order valence-electron chi connectivity index (χ1n) is 5.60. The second kappa shape index (κ2) is 5.67. The first kappa shape index (κ1) is 13.8. The van der Waals surface area contributed by atoms with Crippen molar-refractivity contribution in [2.75, 3.05) is 5.32 Å². The summed E-state index contributed by atoms with van der Waals surface area (Å²) < 4.78 is 0.954. The van der Waals surface area contributed by atoms with Crippen LogP contribution in [0, 0.1) is 16.6 Å². The zero-order chi connectivity index (χ0) is 16.2. The third-order valence-electron chi connectivity index (χ3n) is 2.24. The van der Waals surface area contributed by atoms with E-state index in [1.165, 1.54) is 0 Å². The number of hydrogen-bond acceptors (Lipinski definition) is 15. The van der Waals surface area contributed by atoms with Gasteiger partial charge in [-0.2, -0.15) is 14.6 Å². The van der Waals surface area contributed by atoms with Gasteiger partial charge >= 0.3 is 0 Å². The molecule has 17 nitrogen and oxygen atoms in total. The van der Waals surface area contributed by atoms with Crippen molar-refractivity contribution in [1.29, 1.82) is 16.6 Å². The summed E-state index contributed by atoms with van der Waals surface area (Å²) in [6.45, 7) is 0. The Balaban J connectivity index is 1.84. The van der Waals surface area contributed by atoms with Gasteiger partial charge in [-0.05, 0) is 0 Å². The molecule has 0 saturated carbocycles. The second-order valence-corrected chi connectivity index (χ2v) is 3.59. The zero-order valence-corrected chi connectivity index (χ0v) is 10.9. The Morgan fingerprint density at radius 2 is 1.65 bits per heavy atom. The molecule has 0 atom stereocenters. The van der Waals surface area contributed by atoms with Gasteiger partial charge in [0.1, 0.15) is 0 Å². The van der Waals surface area contributed by atoms with E-state index in [0.717, 1.165) is 4.68 Å². The lowest BCUT2D eigenvalue weighted by atomic mass is 10.9. The van der Waals surface area contributed by atoms with Crippen LogP contribution in [0.1, 0.15) is 0 Å². The van der Waals surface area contributed by atoms with Gasteiger partial charge in [0.2, 0.25) is 5.95 Å². The van der Waals surface area contributed by atoms with Gasteiger partial charge < -0.3 is 0 Å². The minimum Gasteiger partial charge on any atom is -0.290 e. The Bertz CT molecular complexity index is 854. The normalized spacial score (nSPS) is 10.3. The summed E-state index contributed by atoms with van der Waals surface area (Å²) in [5.74, 6) is -0.460. The van der Waals surface area contributed by atoms with Crippen molar-refractivity contribution >= 4 is 29.7 Å². The van der Waals surface area contributed by atoms with E-state index in [-0.39, 0.29) is 35.7 Å². The van der Waals surface area contributed by atoms with Gasteiger partial charge in [0.05, 0.1) is 0 Å². The lowest BCUT2D eigenvalue weighted by Gasteiger charge is -2.00. The number of aromatic nitrogens is 10. The SMILES string of the molecule is N=Nc1n[nH]c(Nc2nnc(-n3nc(N=N)nc3N=N)nn2)n1. The number of rotatable bonds is 6. The monoisotopic (exact) mass is 315 g/mol. The summed E-state index contributed by atoms with van der Waals surface area (Å²) in [6, 6.07) is 0. The number of nitrogens with zero attached hydrogens (tertiary/aromatic N) is 12. The maximum Gasteiger partial charge on any atom is 0.292 e. The molecule has 3 aromatic heterocycles. The molecule has 0 aromatic carbocycles. The number of nitrogens with one attached hydrogen (secondary N) is 5. The van der Waals surface area contributed by atoms with Gasteiger partial charge in [-0.1, -0.05) is 0 Å². The summed E-state index contributed by atoms with van der Waals surface area (Å²) in [6.07, 6.45) is 0. The average molecular weight is 315 g/mol. The van der Waals surface area contributed by atoms with Crippen molar-refractivity contribution in [3.8, 4) is 5.95 Å². The van der Waals surface area contributed by atoms with Gasteiger partial charge in [-0.25, -0.2) is 21.7 Å². The van der Waals surface area contributed by atoms with E-state index >= 15 is 0 Å². The highest BCUT2D eigenvalue weighted by Crippen LogP contribution is 2.17. The van der Waals surface area contributed by atoms with Gasteiger partial charge in [0.25, 0.3) is 29.7 Å². The lowest BCUT2D eigenvalue weighted by Crippen LogP contribution is -2.09. The van der Waals surface area contributed by atoms with Crippen molar-refractivity contribution < 1.29 is 0 Å². The van der Waals surface area contributed by atoms with E-state index < -0.39 is 0 Å². The van der Waals surface area contributed by atoms with Crippen molar-refractivity contribution in [3.63, 3.8) is 0 Å². The van der Waals surface area contributed by atoms with Gasteiger partial charge in [-0.15, -0.1) is 45.9 Å². The predicted octanol–water partition coefficient (Wildman–Crippen LogP) is 0.696.